The standard InChI is InChI=1S/C20H36O/c1-17(2)9-6-10-18(3)11-7-12-19(4)13-8-14-20(5)15-16-21/h9,11,15,19,21H,6-8,10,12-14,16H2,1-5H3/b18-11+,20-15-. The van der Waals surface area contributed by atoms with E-state index >= 15 is 0 Å². The van der Waals surface area contributed by atoms with Crippen LogP contribution in [0.15, 0.2) is 34.9 Å². The second-order valence-electron chi connectivity index (χ2n) is 6.68. The summed E-state index contributed by atoms with van der Waals surface area (Å²) in [6, 6.07) is 0. The monoisotopic (exact) mass is 292 g/mol. The second-order valence-corrected chi connectivity index (χ2v) is 6.68. The Balaban J connectivity index is 3.75. The van der Waals surface area contributed by atoms with Crippen LogP contribution in [0.5, 0.6) is 0 Å². The summed E-state index contributed by atoms with van der Waals surface area (Å²) in [5.41, 5.74) is 4.27. The number of aliphatic hydroxyl groups is 1. The van der Waals surface area contributed by atoms with Crippen LogP contribution in [0.2, 0.25) is 0 Å². The lowest BCUT2D eigenvalue weighted by Crippen LogP contribution is -1.95. The lowest BCUT2D eigenvalue weighted by molar-refractivity contribution is 0.341. The van der Waals surface area contributed by atoms with Crippen molar-refractivity contribution in [1.29, 1.82) is 0 Å². The van der Waals surface area contributed by atoms with E-state index in [1.807, 2.05) is 6.08 Å². The Kier molecular flexibility index (Phi) is 12.4. The molecule has 1 nitrogen and oxygen atoms in total. The van der Waals surface area contributed by atoms with Crippen molar-refractivity contribution in [3.63, 3.8) is 0 Å². The van der Waals surface area contributed by atoms with Gasteiger partial charge in [0.15, 0.2) is 0 Å². The fraction of sp³-hybridized carbons (Fsp3) is 0.700. The van der Waals surface area contributed by atoms with Crippen LogP contribution in [0.3, 0.4) is 0 Å². The highest BCUT2D eigenvalue weighted by Gasteiger charge is 2.01. The van der Waals surface area contributed by atoms with Gasteiger partial charge in [0.25, 0.3) is 0 Å². The van der Waals surface area contributed by atoms with Gasteiger partial charge < -0.3 is 5.11 Å². The van der Waals surface area contributed by atoms with E-state index < -0.39 is 0 Å². The summed E-state index contributed by atoms with van der Waals surface area (Å²) in [4.78, 5) is 0. The van der Waals surface area contributed by atoms with Gasteiger partial charge in [-0.3, -0.25) is 0 Å². The Morgan fingerprint density at radius 2 is 1.52 bits per heavy atom. The van der Waals surface area contributed by atoms with Crippen molar-refractivity contribution < 1.29 is 5.11 Å². The van der Waals surface area contributed by atoms with Crippen LogP contribution in [-0.4, -0.2) is 11.7 Å². The fourth-order valence-corrected chi connectivity index (χ4v) is 2.44. The first-order valence-electron chi connectivity index (χ1n) is 8.51. The fourth-order valence-electron chi connectivity index (χ4n) is 2.44. The van der Waals surface area contributed by atoms with E-state index in [4.69, 9.17) is 5.11 Å². The summed E-state index contributed by atoms with van der Waals surface area (Å²) in [5.74, 6) is 0.800. The number of aliphatic hydroxyl groups excluding tert-OH is 1. The van der Waals surface area contributed by atoms with Gasteiger partial charge in [0.1, 0.15) is 0 Å². The Bertz CT molecular complexity index is 343. The van der Waals surface area contributed by atoms with E-state index in [1.54, 1.807) is 0 Å². The summed E-state index contributed by atoms with van der Waals surface area (Å²) in [6.45, 7) is 11.2. The normalized spacial score (nSPS) is 14.2. The zero-order valence-corrected chi connectivity index (χ0v) is 14.9. The Morgan fingerprint density at radius 3 is 2.14 bits per heavy atom. The molecule has 0 aromatic heterocycles. The van der Waals surface area contributed by atoms with Gasteiger partial charge in [-0.25, -0.2) is 0 Å². The summed E-state index contributed by atoms with van der Waals surface area (Å²) in [5, 5.41) is 8.82. The molecule has 0 bridgehead atoms. The van der Waals surface area contributed by atoms with Crippen LogP contribution in [-0.2, 0) is 0 Å². The maximum atomic E-state index is 8.82. The topological polar surface area (TPSA) is 20.2 Å². The molecule has 0 aromatic rings. The lowest BCUT2D eigenvalue weighted by atomic mass is 9.96. The molecule has 1 N–H and O–H groups in total. The average molecular weight is 293 g/mol. The molecule has 0 amide bonds. The highest BCUT2D eigenvalue weighted by molar-refractivity contribution is 5.02. The molecule has 0 saturated heterocycles. The molecule has 122 valence electrons. The van der Waals surface area contributed by atoms with Crippen LogP contribution < -0.4 is 0 Å². The van der Waals surface area contributed by atoms with Gasteiger partial charge in [-0.15, -0.1) is 0 Å². The Labute approximate surface area is 132 Å². The SMILES string of the molecule is CC(C)=CCC/C(C)=C/CCC(C)CCC/C(C)=C\CO. The quantitative estimate of drug-likeness (QED) is 0.449. The van der Waals surface area contributed by atoms with Gasteiger partial charge in [0, 0.05) is 0 Å². The van der Waals surface area contributed by atoms with Gasteiger partial charge in [-0.05, 0) is 72.1 Å². The van der Waals surface area contributed by atoms with E-state index in [0.29, 0.717) is 0 Å². The number of allylic oxidation sites excluding steroid dienone is 5. The largest absolute Gasteiger partial charge is 0.392 e. The summed E-state index contributed by atoms with van der Waals surface area (Å²) in [6.07, 6.45) is 15.2. The van der Waals surface area contributed by atoms with Gasteiger partial charge in [0.2, 0.25) is 0 Å². The minimum atomic E-state index is 0.179. The summed E-state index contributed by atoms with van der Waals surface area (Å²) < 4.78 is 0. The molecule has 21 heavy (non-hydrogen) atoms. The molecule has 0 saturated carbocycles. The van der Waals surface area contributed by atoms with Crippen molar-refractivity contribution in [3.8, 4) is 0 Å². The van der Waals surface area contributed by atoms with Crippen molar-refractivity contribution in [2.24, 2.45) is 5.92 Å². The third-order valence-corrected chi connectivity index (χ3v) is 3.95. The lowest BCUT2D eigenvalue weighted by Gasteiger charge is -2.10. The van der Waals surface area contributed by atoms with Crippen LogP contribution in [0, 0.1) is 5.92 Å². The predicted molar refractivity (Wildman–Crippen MR) is 95.5 cm³/mol. The van der Waals surface area contributed by atoms with Crippen LogP contribution in [0.25, 0.3) is 0 Å². The first kappa shape index (κ1) is 20.2. The summed E-state index contributed by atoms with van der Waals surface area (Å²) in [7, 11) is 0. The molecule has 0 heterocycles. The Morgan fingerprint density at radius 1 is 0.857 bits per heavy atom. The minimum Gasteiger partial charge on any atom is -0.392 e. The first-order chi connectivity index (χ1) is 9.95. The van der Waals surface area contributed by atoms with E-state index in [9.17, 15) is 0 Å². The highest BCUT2D eigenvalue weighted by atomic mass is 16.2. The van der Waals surface area contributed by atoms with E-state index in [0.717, 1.165) is 12.3 Å². The van der Waals surface area contributed by atoms with Gasteiger partial charge in [-0.2, -0.15) is 0 Å². The van der Waals surface area contributed by atoms with Gasteiger partial charge in [-0.1, -0.05) is 48.3 Å². The molecule has 1 unspecified atom stereocenters. The van der Waals surface area contributed by atoms with Gasteiger partial charge >= 0.3 is 0 Å². The molecule has 0 radical (unpaired) electrons. The third kappa shape index (κ3) is 13.9. The van der Waals surface area contributed by atoms with Crippen LogP contribution >= 0.6 is 0 Å². The van der Waals surface area contributed by atoms with Crippen molar-refractivity contribution in [2.75, 3.05) is 6.61 Å². The maximum Gasteiger partial charge on any atom is 0.0614 e. The molecule has 0 rings (SSSR count). The molecule has 0 aliphatic carbocycles. The van der Waals surface area contributed by atoms with Crippen molar-refractivity contribution in [3.05, 3.63) is 34.9 Å². The number of hydrogen-bond acceptors (Lipinski definition) is 1. The van der Waals surface area contributed by atoms with E-state index in [-0.39, 0.29) is 6.61 Å². The van der Waals surface area contributed by atoms with Crippen molar-refractivity contribution in [2.45, 2.75) is 79.6 Å². The van der Waals surface area contributed by atoms with Crippen LogP contribution in [0.4, 0.5) is 0 Å². The van der Waals surface area contributed by atoms with Crippen molar-refractivity contribution in [1.82, 2.24) is 0 Å². The van der Waals surface area contributed by atoms with Crippen molar-refractivity contribution >= 4 is 0 Å². The molecular formula is C20H36O. The average Bonchev–Trinajstić information content (AvgIpc) is 2.38. The molecule has 1 atom stereocenters. The third-order valence-electron chi connectivity index (χ3n) is 3.95. The number of rotatable bonds is 11. The molecular weight excluding hydrogens is 256 g/mol. The second kappa shape index (κ2) is 12.9. The molecule has 1 heteroatoms. The summed E-state index contributed by atoms with van der Waals surface area (Å²) >= 11 is 0. The van der Waals surface area contributed by atoms with E-state index in [2.05, 4.69) is 46.8 Å². The maximum absolute atomic E-state index is 8.82. The molecule has 0 aromatic carbocycles. The molecule has 0 aliphatic rings. The molecule has 0 fully saturated rings. The number of hydrogen-bond donors (Lipinski definition) is 1. The first-order valence-corrected chi connectivity index (χ1v) is 8.51. The zero-order chi connectivity index (χ0) is 16.1. The highest BCUT2D eigenvalue weighted by Crippen LogP contribution is 2.18. The van der Waals surface area contributed by atoms with Crippen LogP contribution in [0.1, 0.15) is 79.6 Å². The molecule has 0 spiro atoms. The predicted octanol–water partition coefficient (Wildman–Crippen LogP) is 6.20. The molecule has 0 aliphatic heterocycles. The zero-order valence-electron chi connectivity index (χ0n) is 14.9. The Hall–Kier alpha value is -0.820. The smallest absolute Gasteiger partial charge is 0.0614 e. The van der Waals surface area contributed by atoms with Gasteiger partial charge in [0.05, 0.1) is 6.61 Å². The van der Waals surface area contributed by atoms with E-state index in [1.165, 1.54) is 55.2 Å². The minimum absolute atomic E-state index is 0.179.